The van der Waals surface area contributed by atoms with Gasteiger partial charge in [0.1, 0.15) is 0 Å². The quantitative estimate of drug-likeness (QED) is 0.837. The number of Topliss-reactive ketones (excluding diaryl/α,β-unsaturated/α-hetero) is 1. The summed E-state index contributed by atoms with van der Waals surface area (Å²) in [6, 6.07) is 12.5. The lowest BCUT2D eigenvalue weighted by Crippen LogP contribution is -1.96. The summed E-state index contributed by atoms with van der Waals surface area (Å²) in [5.41, 5.74) is 10.2. The Labute approximate surface area is 129 Å². The molecule has 0 aliphatic heterocycles. The summed E-state index contributed by atoms with van der Waals surface area (Å²) in [5, 5.41) is 0. The molecule has 3 rings (SSSR count). The highest BCUT2D eigenvalue weighted by molar-refractivity contribution is 7.99. The van der Waals surface area contributed by atoms with Gasteiger partial charge in [-0.15, -0.1) is 0 Å². The molecule has 0 unspecified atom stereocenters. The predicted molar refractivity (Wildman–Crippen MR) is 88.2 cm³/mol. The van der Waals surface area contributed by atoms with Gasteiger partial charge in [-0.25, -0.2) is 0 Å². The number of carbonyl (C=O) groups excluding carboxylic acids is 1. The maximum Gasteiger partial charge on any atom is 0.163 e. The largest absolute Gasteiger partial charge is 0.398 e. The van der Waals surface area contributed by atoms with Crippen LogP contribution in [0.15, 0.2) is 46.2 Å². The summed E-state index contributed by atoms with van der Waals surface area (Å²) < 4.78 is 0. The average molecular weight is 297 g/mol. The fourth-order valence-electron chi connectivity index (χ4n) is 2.63. The van der Waals surface area contributed by atoms with E-state index in [9.17, 15) is 4.79 Å². The Morgan fingerprint density at radius 3 is 2.48 bits per heavy atom. The first-order valence-corrected chi connectivity index (χ1v) is 8.09. The van der Waals surface area contributed by atoms with Gasteiger partial charge in [0.2, 0.25) is 0 Å². The van der Waals surface area contributed by atoms with Crippen LogP contribution in [-0.4, -0.2) is 5.78 Å². The second kappa shape index (κ2) is 5.57. The number of carbonyl (C=O) groups is 1. The van der Waals surface area contributed by atoms with E-state index in [1.54, 1.807) is 11.8 Å². The van der Waals surface area contributed by atoms with E-state index < -0.39 is 0 Å². The van der Waals surface area contributed by atoms with E-state index in [1.165, 1.54) is 5.56 Å². The number of hydrogen-bond acceptors (Lipinski definition) is 3. The van der Waals surface area contributed by atoms with Crippen LogP contribution < -0.4 is 5.73 Å². The fraction of sp³-hybridized carbons (Fsp3) is 0.278. The topological polar surface area (TPSA) is 43.1 Å². The van der Waals surface area contributed by atoms with E-state index in [-0.39, 0.29) is 5.78 Å². The monoisotopic (exact) mass is 297 g/mol. The van der Waals surface area contributed by atoms with Crippen LogP contribution in [0.4, 0.5) is 5.69 Å². The third-order valence-corrected chi connectivity index (χ3v) is 5.01. The summed E-state index contributed by atoms with van der Waals surface area (Å²) in [6.45, 7) is 4.37. The van der Waals surface area contributed by atoms with Gasteiger partial charge in [-0.3, -0.25) is 4.79 Å². The first-order valence-electron chi connectivity index (χ1n) is 7.28. The van der Waals surface area contributed by atoms with Crippen molar-refractivity contribution in [3.63, 3.8) is 0 Å². The van der Waals surface area contributed by atoms with E-state index in [0.29, 0.717) is 12.3 Å². The first-order chi connectivity index (χ1) is 10.0. The number of ketones is 1. The van der Waals surface area contributed by atoms with Gasteiger partial charge >= 0.3 is 0 Å². The zero-order valence-electron chi connectivity index (χ0n) is 12.3. The molecular formula is C18H19NOS. The number of nitrogens with two attached hydrogens (primary N) is 1. The molecule has 1 aliphatic rings. The molecule has 3 heteroatoms. The molecule has 0 heterocycles. The van der Waals surface area contributed by atoms with Gasteiger partial charge in [0.05, 0.1) is 0 Å². The molecule has 2 aromatic carbocycles. The number of hydrogen-bond donors (Lipinski definition) is 1. The van der Waals surface area contributed by atoms with Crippen molar-refractivity contribution in [3.8, 4) is 0 Å². The van der Waals surface area contributed by atoms with Crippen molar-refractivity contribution in [3.05, 3.63) is 53.1 Å². The zero-order chi connectivity index (χ0) is 15.0. The third kappa shape index (κ3) is 2.84. The highest BCUT2D eigenvalue weighted by atomic mass is 32.2. The fourth-order valence-corrected chi connectivity index (χ4v) is 3.51. The average Bonchev–Trinajstić information content (AvgIpc) is 2.81. The molecule has 2 N–H and O–H groups in total. The van der Waals surface area contributed by atoms with Crippen molar-refractivity contribution >= 4 is 23.2 Å². The van der Waals surface area contributed by atoms with Crippen molar-refractivity contribution < 1.29 is 4.79 Å². The lowest BCUT2D eigenvalue weighted by atomic mass is 10.0. The molecule has 1 aliphatic carbocycles. The van der Waals surface area contributed by atoms with E-state index in [4.69, 9.17) is 5.73 Å². The molecule has 108 valence electrons. The van der Waals surface area contributed by atoms with Crippen LogP contribution in [0.1, 0.15) is 47.7 Å². The van der Waals surface area contributed by atoms with Gasteiger partial charge in [-0.05, 0) is 47.7 Å². The summed E-state index contributed by atoms with van der Waals surface area (Å²) in [5.74, 6) is 0.772. The number of rotatable bonds is 3. The molecule has 0 aromatic heterocycles. The number of benzene rings is 2. The van der Waals surface area contributed by atoms with Crippen molar-refractivity contribution in [1.82, 2.24) is 0 Å². The highest BCUT2D eigenvalue weighted by Gasteiger charge is 2.21. The Bertz CT molecular complexity index is 689. The van der Waals surface area contributed by atoms with Gasteiger partial charge in [0.25, 0.3) is 0 Å². The molecule has 2 aromatic rings. The Morgan fingerprint density at radius 2 is 1.81 bits per heavy atom. The van der Waals surface area contributed by atoms with Gasteiger partial charge in [0.15, 0.2) is 5.78 Å². The van der Waals surface area contributed by atoms with Crippen LogP contribution in [0.3, 0.4) is 0 Å². The third-order valence-electron chi connectivity index (χ3n) is 3.93. The van der Waals surface area contributed by atoms with Crippen LogP contribution in [0, 0.1) is 0 Å². The minimum Gasteiger partial charge on any atom is -0.398 e. The lowest BCUT2D eigenvalue weighted by Gasteiger charge is -2.10. The predicted octanol–water partition coefficient (Wildman–Crippen LogP) is 4.67. The first kappa shape index (κ1) is 14.2. The lowest BCUT2D eigenvalue weighted by molar-refractivity contribution is 0.0994. The SMILES string of the molecule is CC(C)c1ccc(Sc2cc3c(cc2N)CCC3=O)cc1. The molecular weight excluding hydrogens is 278 g/mol. The Morgan fingerprint density at radius 1 is 1.10 bits per heavy atom. The maximum absolute atomic E-state index is 11.9. The van der Waals surface area contributed by atoms with Gasteiger partial charge < -0.3 is 5.73 Å². The zero-order valence-corrected chi connectivity index (χ0v) is 13.2. The van der Waals surface area contributed by atoms with Crippen LogP contribution in [-0.2, 0) is 6.42 Å². The normalized spacial score (nSPS) is 13.8. The Kier molecular flexibility index (Phi) is 3.77. The van der Waals surface area contributed by atoms with Gasteiger partial charge in [-0.2, -0.15) is 0 Å². The molecule has 0 bridgehead atoms. The van der Waals surface area contributed by atoms with Crippen molar-refractivity contribution in [2.45, 2.75) is 42.4 Å². The van der Waals surface area contributed by atoms with Crippen LogP contribution >= 0.6 is 11.8 Å². The summed E-state index contributed by atoms with van der Waals surface area (Å²) in [4.78, 5) is 14.0. The molecule has 0 radical (unpaired) electrons. The molecule has 0 fully saturated rings. The van der Waals surface area contributed by atoms with E-state index >= 15 is 0 Å². The molecule has 0 atom stereocenters. The highest BCUT2D eigenvalue weighted by Crippen LogP contribution is 2.36. The van der Waals surface area contributed by atoms with Crippen LogP contribution in [0.25, 0.3) is 0 Å². The molecule has 21 heavy (non-hydrogen) atoms. The van der Waals surface area contributed by atoms with Crippen molar-refractivity contribution in [1.29, 1.82) is 0 Å². The maximum atomic E-state index is 11.9. The molecule has 0 amide bonds. The Hall–Kier alpha value is -1.74. The van der Waals surface area contributed by atoms with Gasteiger partial charge in [-0.1, -0.05) is 37.7 Å². The summed E-state index contributed by atoms with van der Waals surface area (Å²) in [7, 11) is 0. The Balaban J connectivity index is 1.88. The van der Waals surface area contributed by atoms with E-state index in [1.807, 2.05) is 12.1 Å². The van der Waals surface area contributed by atoms with Crippen LogP contribution in [0.2, 0.25) is 0 Å². The van der Waals surface area contributed by atoms with Crippen molar-refractivity contribution in [2.75, 3.05) is 5.73 Å². The van der Waals surface area contributed by atoms with Crippen molar-refractivity contribution in [2.24, 2.45) is 0 Å². The number of nitrogen functional groups attached to an aromatic ring is 1. The number of aryl methyl sites for hydroxylation is 1. The summed E-state index contributed by atoms with van der Waals surface area (Å²) in [6.07, 6.45) is 1.44. The second-order valence-electron chi connectivity index (χ2n) is 5.80. The number of anilines is 1. The van der Waals surface area contributed by atoms with Crippen LogP contribution in [0.5, 0.6) is 0 Å². The molecule has 2 nitrogen and oxygen atoms in total. The second-order valence-corrected chi connectivity index (χ2v) is 6.91. The molecule has 0 saturated carbocycles. The molecule has 0 saturated heterocycles. The molecule has 0 spiro atoms. The smallest absolute Gasteiger partial charge is 0.163 e. The summed E-state index contributed by atoms with van der Waals surface area (Å²) >= 11 is 1.63. The minimum atomic E-state index is 0.238. The number of fused-ring (bicyclic) bond motifs is 1. The van der Waals surface area contributed by atoms with E-state index in [0.717, 1.165) is 33.0 Å². The van der Waals surface area contributed by atoms with E-state index in [2.05, 4.69) is 38.1 Å². The van der Waals surface area contributed by atoms with Gasteiger partial charge in [0, 0.05) is 27.5 Å². The standard InChI is InChI=1S/C18H19NOS/c1-11(2)12-3-6-14(7-4-12)21-18-10-15-13(9-16(18)19)5-8-17(15)20/h3-4,6-7,9-11H,5,8,19H2,1-2H3. The minimum absolute atomic E-state index is 0.238.